The zero-order chi connectivity index (χ0) is 68.4. The number of primary amides is 1. The van der Waals surface area contributed by atoms with Gasteiger partial charge in [0.1, 0.15) is 30.8 Å². The minimum atomic E-state index is -1.55. The Hall–Kier alpha value is -8.01. The number of alkyl carbamates (subject to hydrolysis) is 1. The van der Waals surface area contributed by atoms with Gasteiger partial charge in [-0.05, 0) is 86.5 Å². The Morgan fingerprint density at radius 2 is 1.39 bits per heavy atom. The van der Waals surface area contributed by atoms with E-state index in [-0.39, 0.29) is 80.8 Å². The van der Waals surface area contributed by atoms with Gasteiger partial charge in [-0.25, -0.2) is 9.59 Å². The van der Waals surface area contributed by atoms with Crippen LogP contribution < -0.4 is 43.0 Å². The highest BCUT2D eigenvalue weighted by molar-refractivity contribution is 6.12. The van der Waals surface area contributed by atoms with E-state index in [1.807, 2.05) is 19.9 Å². The van der Waals surface area contributed by atoms with Crippen molar-refractivity contribution in [3.63, 3.8) is 0 Å². The molecule has 0 spiro atoms. The van der Waals surface area contributed by atoms with Crippen LogP contribution in [0.3, 0.4) is 0 Å². The molecule has 11 N–H and O–H groups in total. The van der Waals surface area contributed by atoms with Crippen LogP contribution in [-0.4, -0.2) is 192 Å². The van der Waals surface area contributed by atoms with Gasteiger partial charge in [-0.3, -0.25) is 48.1 Å². The van der Waals surface area contributed by atoms with Crippen LogP contribution in [0.1, 0.15) is 137 Å². The fourth-order valence-electron chi connectivity index (χ4n) is 11.3. The van der Waals surface area contributed by atoms with Crippen molar-refractivity contribution < 1.29 is 77.2 Å². The third-order valence-corrected chi connectivity index (χ3v) is 16.9. The third kappa shape index (κ3) is 23.0. The minimum Gasteiger partial charge on any atom is -0.445 e. The van der Waals surface area contributed by atoms with Crippen molar-refractivity contribution in [3.05, 3.63) is 77.9 Å². The molecular formula is C65H99N11O16. The lowest BCUT2D eigenvalue weighted by Gasteiger charge is -2.41. The van der Waals surface area contributed by atoms with Crippen molar-refractivity contribution in [2.45, 2.75) is 187 Å². The summed E-state index contributed by atoms with van der Waals surface area (Å²) in [5, 5.41) is 39.9. The van der Waals surface area contributed by atoms with Gasteiger partial charge in [0.25, 0.3) is 11.8 Å². The number of aliphatic hydroxyl groups is 2. The van der Waals surface area contributed by atoms with Crippen LogP contribution >= 0.6 is 0 Å². The van der Waals surface area contributed by atoms with E-state index in [1.54, 1.807) is 89.9 Å². The van der Waals surface area contributed by atoms with Gasteiger partial charge in [0.15, 0.2) is 0 Å². The third-order valence-electron chi connectivity index (χ3n) is 16.9. The molecule has 2 heterocycles. The maximum Gasteiger partial charge on any atom is 0.408 e. The number of nitrogens with two attached hydrogens (primary N) is 1. The first-order valence-corrected chi connectivity index (χ1v) is 31.7. The molecule has 4 rings (SSSR count). The zero-order valence-electron chi connectivity index (χ0n) is 55.1. The number of methoxy groups -OCH3 is 2. The van der Waals surface area contributed by atoms with Gasteiger partial charge < -0.3 is 77.2 Å². The summed E-state index contributed by atoms with van der Waals surface area (Å²) in [6, 6.07) is 7.78. The number of urea groups is 1. The van der Waals surface area contributed by atoms with Crippen molar-refractivity contribution >= 4 is 71.0 Å². The van der Waals surface area contributed by atoms with Gasteiger partial charge in [0.2, 0.25) is 41.4 Å². The fraction of sp³-hybridized carbons (Fsp3) is 0.615. The molecule has 1 saturated heterocycles. The van der Waals surface area contributed by atoms with Crippen molar-refractivity contribution in [2.75, 3.05) is 52.8 Å². The molecule has 12 atom stereocenters. The monoisotopic (exact) mass is 1290 g/mol. The second-order valence-corrected chi connectivity index (χ2v) is 24.4. The van der Waals surface area contributed by atoms with E-state index < -0.39 is 121 Å². The molecule has 1 fully saturated rings. The van der Waals surface area contributed by atoms with E-state index in [1.165, 1.54) is 43.4 Å². The maximum atomic E-state index is 14.6. The van der Waals surface area contributed by atoms with E-state index in [9.17, 15) is 63.0 Å². The molecule has 27 heteroatoms. The van der Waals surface area contributed by atoms with Crippen molar-refractivity contribution in [1.29, 1.82) is 0 Å². The summed E-state index contributed by atoms with van der Waals surface area (Å²) in [4.78, 5) is 149. The smallest absolute Gasteiger partial charge is 0.408 e. The standard InChI is InChI=1S/C65H99N11O16/c1-12-40(6)56(49(90-10)35-53(81)75-34-20-24-48(75)58(91-11)41(7)59(83)68-42(8)57(82)44-21-15-13-16-22-44)74(9)63(87)55(39(4)5)73-61(85)47(36-77)71-65(89)92-37-43-26-28-45(29-27-43)69-60(84)46(23-19-32-67-64(66)88)70-62(86)54(38(2)3)72-50(78)25-17-14-18-33-76-51(79)30-31-52(76)80/h13,15-16,21-22,26-31,38-42,46-49,54-58,77,82H,12,14,17-20,23-25,32-37H2,1-11H3,(H,68,83)(H,69,84)(H,70,86)(H,71,89)(H,72,78)(H,73,85)(H3,66,67,88)/t40-,41+,42+,46-,47+,48-,49+,54-,55-,56-,57+,58+/m0/s1. The molecule has 2 aromatic carbocycles. The molecule has 27 nitrogen and oxygen atoms in total. The van der Waals surface area contributed by atoms with Crippen molar-refractivity contribution in [1.82, 2.24) is 46.6 Å². The molecule has 0 unspecified atom stereocenters. The molecule has 92 heavy (non-hydrogen) atoms. The molecule has 2 aromatic rings. The molecule has 0 radical (unpaired) electrons. The van der Waals surface area contributed by atoms with Gasteiger partial charge in [-0.1, -0.05) is 104 Å². The number of carbonyl (C=O) groups is 11. The number of benzene rings is 2. The number of imide groups is 1. The SMILES string of the molecule is CC[C@H](C)[C@@H]([C@@H](CC(=O)N1CCC[C@H]1[C@H](OC)[C@@H](C)C(=O)N[C@H](C)[C@@H](O)c1ccccc1)OC)N(C)C(=O)[C@@H](NC(=O)[C@@H](CO)NC(=O)OCc1ccc(NC(=O)[C@H](CCCNC(N)=O)NC(=O)[C@@H](NC(=O)CCCCCN2C(=O)C=CC2=O)C(C)C)cc1)C(C)C. The Morgan fingerprint density at radius 3 is 1.98 bits per heavy atom. The number of likely N-dealkylation sites (N-methyl/N-ethyl adjacent to an activating group) is 1. The lowest BCUT2D eigenvalue weighted by molar-refractivity contribution is -0.148. The molecule has 2 aliphatic heterocycles. The van der Waals surface area contributed by atoms with E-state index >= 15 is 0 Å². The highest BCUT2D eigenvalue weighted by atomic mass is 16.5. The zero-order valence-corrected chi connectivity index (χ0v) is 55.1. The summed E-state index contributed by atoms with van der Waals surface area (Å²) < 4.78 is 17.3. The van der Waals surface area contributed by atoms with Gasteiger partial charge in [0, 0.05) is 65.2 Å². The van der Waals surface area contributed by atoms with Crippen LogP contribution in [0.25, 0.3) is 0 Å². The summed E-state index contributed by atoms with van der Waals surface area (Å²) in [6.07, 6.45) is 2.46. The normalized spacial score (nSPS) is 17.4. The number of amides is 12. The fourth-order valence-corrected chi connectivity index (χ4v) is 11.3. The second-order valence-electron chi connectivity index (χ2n) is 24.4. The number of carbonyl (C=O) groups excluding carboxylic acids is 11. The quantitative estimate of drug-likeness (QED) is 0.0341. The summed E-state index contributed by atoms with van der Waals surface area (Å²) >= 11 is 0. The van der Waals surface area contributed by atoms with Crippen LogP contribution in [0, 0.1) is 23.7 Å². The molecule has 2 aliphatic rings. The Morgan fingerprint density at radius 1 is 0.739 bits per heavy atom. The van der Waals surface area contributed by atoms with Crippen molar-refractivity contribution in [2.24, 2.45) is 29.4 Å². The van der Waals surface area contributed by atoms with Crippen LogP contribution in [0.2, 0.25) is 0 Å². The average molecular weight is 1290 g/mol. The Kier molecular flexibility index (Phi) is 31.7. The molecule has 0 aromatic heterocycles. The number of ether oxygens (including phenoxy) is 3. The topological polar surface area (TPSA) is 376 Å². The van der Waals surface area contributed by atoms with Crippen LogP contribution in [-0.2, 0) is 64.0 Å². The van der Waals surface area contributed by atoms with E-state index in [0.717, 1.165) is 4.90 Å². The Labute approximate surface area is 539 Å². The molecule has 510 valence electrons. The number of aliphatic hydroxyl groups excluding tert-OH is 2. The van der Waals surface area contributed by atoms with E-state index in [2.05, 4.69) is 37.2 Å². The van der Waals surface area contributed by atoms with Crippen LogP contribution in [0.15, 0.2) is 66.7 Å². The van der Waals surface area contributed by atoms with Gasteiger partial charge in [-0.15, -0.1) is 0 Å². The lowest BCUT2D eigenvalue weighted by atomic mass is 9.89. The highest BCUT2D eigenvalue weighted by Gasteiger charge is 2.44. The predicted octanol–water partition coefficient (Wildman–Crippen LogP) is 3.07. The molecule has 0 bridgehead atoms. The van der Waals surface area contributed by atoms with Crippen LogP contribution in [0.4, 0.5) is 15.3 Å². The summed E-state index contributed by atoms with van der Waals surface area (Å²) in [5.74, 6) is -6.18. The van der Waals surface area contributed by atoms with Gasteiger partial charge in [0.05, 0.1) is 55.4 Å². The second kappa shape index (κ2) is 38.1. The first kappa shape index (κ1) is 76.4. The van der Waals surface area contributed by atoms with Gasteiger partial charge >= 0.3 is 12.1 Å². The lowest BCUT2D eigenvalue weighted by Crippen LogP contribution is -2.60. The maximum absolute atomic E-state index is 14.6. The first-order chi connectivity index (χ1) is 43.7. The molecular weight excluding hydrogens is 1190 g/mol. The van der Waals surface area contributed by atoms with E-state index in [4.69, 9.17) is 19.9 Å². The predicted molar refractivity (Wildman–Crippen MR) is 341 cm³/mol. The first-order valence-electron chi connectivity index (χ1n) is 31.7. The van der Waals surface area contributed by atoms with Gasteiger partial charge in [-0.2, -0.15) is 0 Å². The number of anilines is 1. The number of hydrogen-bond donors (Lipinski definition) is 10. The van der Waals surface area contributed by atoms with Crippen molar-refractivity contribution in [3.8, 4) is 0 Å². The molecule has 0 saturated carbocycles. The largest absolute Gasteiger partial charge is 0.445 e. The molecule has 0 aliphatic carbocycles. The number of likely N-dealkylation sites (tertiary alicyclic amines) is 1. The average Bonchev–Trinajstić information content (AvgIpc) is 1.69. The Bertz CT molecular complexity index is 2810. The number of rotatable bonds is 38. The number of unbranched alkanes of at least 4 members (excludes halogenated alkanes) is 2. The van der Waals surface area contributed by atoms with E-state index in [0.29, 0.717) is 61.9 Å². The summed E-state index contributed by atoms with van der Waals surface area (Å²) in [5.41, 5.74) is 6.63. The number of hydrogen-bond acceptors (Lipinski definition) is 16. The number of nitrogens with one attached hydrogen (secondary N) is 7. The number of nitrogens with zero attached hydrogens (tertiary/aromatic N) is 3. The summed E-state index contributed by atoms with van der Waals surface area (Å²) in [6.45, 7) is 13.8. The molecule has 12 amide bonds. The Balaban J connectivity index is 1.33. The summed E-state index contributed by atoms with van der Waals surface area (Å²) in [7, 11) is 4.54. The van der Waals surface area contributed by atoms with Crippen LogP contribution in [0.5, 0.6) is 0 Å². The highest BCUT2D eigenvalue weighted by Crippen LogP contribution is 2.30. The minimum absolute atomic E-state index is 0.0672.